The average Bonchev–Trinajstić information content (AvgIpc) is 0.673. The monoisotopic (exact) mass is 1540 g/mol. The van der Waals surface area contributed by atoms with Crippen molar-refractivity contribution in [3.05, 3.63) is 11.6 Å². The normalized spacial score (nSPS) is 53.5. The molecule has 0 unspecified atom stereocenters. The van der Waals surface area contributed by atoms with Crippen LogP contribution in [0.15, 0.2) is 11.6 Å². The van der Waals surface area contributed by atoms with E-state index in [2.05, 4.69) is 40.7 Å². The van der Waals surface area contributed by atoms with Crippen molar-refractivity contribution in [2.75, 3.05) is 26.4 Å². The Bertz CT molecular complexity index is 3170. The summed E-state index contributed by atoms with van der Waals surface area (Å²) >= 11 is 0. The second-order valence-electron chi connectivity index (χ2n) is 33.6. The summed E-state index contributed by atoms with van der Waals surface area (Å²) in [6.45, 7) is 14.2. The number of rotatable bonds is 18. The first-order chi connectivity index (χ1) is 50.2. The van der Waals surface area contributed by atoms with Gasteiger partial charge in [0, 0.05) is 6.92 Å². The van der Waals surface area contributed by atoms with Crippen LogP contribution >= 0.6 is 0 Å². The lowest BCUT2D eigenvalue weighted by Crippen LogP contribution is -2.69. The molecule has 0 spiro atoms. The van der Waals surface area contributed by atoms with E-state index in [9.17, 15) is 101 Å². The summed E-state index contributed by atoms with van der Waals surface area (Å²) in [4.78, 5) is 56.1. The number of carbonyl (C=O) groups excluding carboxylic acids is 3. The number of aliphatic hydroxyl groups is 16. The van der Waals surface area contributed by atoms with Crippen molar-refractivity contribution in [3.8, 4) is 0 Å². The van der Waals surface area contributed by atoms with E-state index in [0.717, 1.165) is 18.8 Å². The molecule has 36 nitrogen and oxygen atoms in total. The maximum Gasteiger partial charge on any atom is 0.335 e. The fourth-order valence-electron chi connectivity index (χ4n) is 20.2. The average molecular weight is 1540 g/mol. The molecule has 610 valence electrons. The van der Waals surface area contributed by atoms with Gasteiger partial charge in [-0.3, -0.25) is 9.59 Å². The quantitative estimate of drug-likeness (QED) is 0.0265. The van der Waals surface area contributed by atoms with Gasteiger partial charge in [-0.2, -0.15) is 0 Å². The summed E-state index contributed by atoms with van der Waals surface area (Å²) in [7, 11) is 0. The third-order valence-corrected chi connectivity index (χ3v) is 26.7. The number of ether oxygens (including phenoxy) is 15. The first kappa shape index (κ1) is 83.1. The van der Waals surface area contributed by atoms with Crippen molar-refractivity contribution in [3.63, 3.8) is 0 Å². The van der Waals surface area contributed by atoms with Crippen molar-refractivity contribution in [1.82, 2.24) is 0 Å². The molecular formula is C71H110O36. The van der Waals surface area contributed by atoms with Crippen LogP contribution in [0.3, 0.4) is 0 Å². The third-order valence-electron chi connectivity index (χ3n) is 26.7. The molecule has 107 heavy (non-hydrogen) atoms. The Hall–Kier alpha value is -3.34. The summed E-state index contributed by atoms with van der Waals surface area (Å²) in [6, 6.07) is 0. The summed E-state index contributed by atoms with van der Waals surface area (Å²) < 4.78 is 90.0. The molecule has 0 radical (unpaired) electrons. The highest BCUT2D eigenvalue weighted by Gasteiger charge is 2.72. The minimum Gasteiger partial charge on any atom is -0.479 e. The lowest BCUT2D eigenvalue weighted by molar-refractivity contribution is -0.391. The van der Waals surface area contributed by atoms with Crippen LogP contribution in [0.4, 0.5) is 0 Å². The Labute approximate surface area is 616 Å². The van der Waals surface area contributed by atoms with Crippen LogP contribution in [-0.4, -0.2) is 340 Å². The van der Waals surface area contributed by atoms with E-state index in [0.29, 0.717) is 57.8 Å². The minimum absolute atomic E-state index is 0.119. The van der Waals surface area contributed by atoms with Crippen LogP contribution in [0.1, 0.15) is 127 Å². The second kappa shape index (κ2) is 31.5. The smallest absolute Gasteiger partial charge is 0.335 e. The number of allylic oxidation sites excluding steroid dienone is 2. The van der Waals surface area contributed by atoms with Crippen LogP contribution in [0.2, 0.25) is 0 Å². The maximum atomic E-state index is 15.9. The molecule has 7 aliphatic heterocycles. The van der Waals surface area contributed by atoms with Gasteiger partial charge in [-0.1, -0.05) is 53.2 Å². The number of hydrogen-bond donors (Lipinski definition) is 17. The lowest BCUT2D eigenvalue weighted by Gasteiger charge is -2.71. The van der Waals surface area contributed by atoms with Gasteiger partial charge in [-0.25, -0.2) is 4.79 Å². The number of carboxylic acid groups (broad SMARTS) is 1. The zero-order valence-corrected chi connectivity index (χ0v) is 61.2. The number of aliphatic carboxylic acids is 1. The maximum absolute atomic E-state index is 15.9. The van der Waals surface area contributed by atoms with Crippen LogP contribution < -0.4 is 0 Å². The molecule has 0 bridgehead atoms. The molecule has 5 aliphatic carbocycles. The Balaban J connectivity index is 0.784. The van der Waals surface area contributed by atoms with Gasteiger partial charge in [0.25, 0.3) is 0 Å². The lowest BCUT2D eigenvalue weighted by atomic mass is 9.33. The Morgan fingerprint density at radius 1 is 0.495 bits per heavy atom. The molecule has 7 heterocycles. The number of fused-ring (bicyclic) bond motifs is 7. The molecule has 17 N–H and O–H groups in total. The molecule has 41 atom stereocenters. The second-order valence-corrected chi connectivity index (χ2v) is 33.6. The zero-order chi connectivity index (χ0) is 78.0. The first-order valence-electron chi connectivity index (χ1n) is 37.2. The molecule has 0 aromatic rings. The van der Waals surface area contributed by atoms with E-state index in [4.69, 9.17) is 71.1 Å². The van der Waals surface area contributed by atoms with Gasteiger partial charge in [0.05, 0.1) is 55.6 Å². The van der Waals surface area contributed by atoms with Gasteiger partial charge in [0.15, 0.2) is 56.1 Å². The van der Waals surface area contributed by atoms with Gasteiger partial charge < -0.3 is 163 Å². The predicted molar refractivity (Wildman–Crippen MR) is 350 cm³/mol. The molecule has 11 fully saturated rings. The SMILES string of the molecule is CC(=O)O[C@H]1[C@@H](O)[C@@H](C)O[C@@H](OC(=O)[C@]23CCC(C)(C)C[C@@H]2C2=CC[C@@H]4[C@@]5(C)CC[C@H](O[C@@H]6O[C@H](C(=O)O)[C@@H](O)[C@H](O[C@@H]7OC[C@@H](O)[C@H](O)[C@H]7O)[C@H]6O[C@@H]6O[C@H](CO)[C@H](O)[C@H](O)[C@H]6O)[C@@](C)(C=O)[C@@H]5CC[C@@]4(C)[C@]2(C)CC3)[C@@H]1O[C@@H]1O[C@@H](C)[C@H](O[C@@H]2OC[C@@H](O)[C@H](O[C@@H]3OC[C@@H](O)[C@H](O)[C@H]3O)[C@H]2O)[C@@H](O)[C@H]1O. The molecule has 7 saturated heterocycles. The highest BCUT2D eigenvalue weighted by molar-refractivity contribution is 5.79. The molecule has 12 aliphatic rings. The van der Waals surface area contributed by atoms with Crippen molar-refractivity contribution in [1.29, 1.82) is 0 Å². The number of aldehydes is 1. The van der Waals surface area contributed by atoms with E-state index >= 15 is 4.79 Å². The van der Waals surface area contributed by atoms with E-state index in [-0.39, 0.29) is 17.8 Å². The molecule has 0 amide bonds. The largest absolute Gasteiger partial charge is 0.479 e. The van der Waals surface area contributed by atoms with Crippen LogP contribution in [0, 0.1) is 50.2 Å². The summed E-state index contributed by atoms with van der Waals surface area (Å²) in [5.74, 6) is -4.25. The van der Waals surface area contributed by atoms with Crippen LogP contribution in [0.25, 0.3) is 0 Å². The summed E-state index contributed by atoms with van der Waals surface area (Å²) in [6.07, 6.45) is -50.2. The van der Waals surface area contributed by atoms with Gasteiger partial charge >= 0.3 is 17.9 Å². The zero-order valence-electron chi connectivity index (χ0n) is 61.2. The van der Waals surface area contributed by atoms with Crippen molar-refractivity contribution in [2.45, 2.75) is 329 Å². The van der Waals surface area contributed by atoms with Gasteiger partial charge in [0.1, 0.15) is 128 Å². The van der Waals surface area contributed by atoms with Crippen LogP contribution in [-0.2, 0) is 90.2 Å². The number of aliphatic hydroxyl groups excluding tert-OH is 16. The van der Waals surface area contributed by atoms with E-state index in [1.807, 2.05) is 0 Å². The Kier molecular flexibility index (Phi) is 24.4. The third kappa shape index (κ3) is 14.7. The summed E-state index contributed by atoms with van der Waals surface area (Å²) in [5.41, 5.74) is -3.56. The molecular weight excluding hydrogens is 1430 g/mol. The number of hydrogen-bond acceptors (Lipinski definition) is 35. The minimum atomic E-state index is -2.21. The van der Waals surface area contributed by atoms with Gasteiger partial charge in [-0.05, 0) is 117 Å². The molecule has 0 aromatic carbocycles. The molecule has 36 heteroatoms. The standard InChI is InChI=1S/C71H110O36/c1-26-38(78)52(98-28(3)74)55(105-61-47(87)43(83)50(27(2)97-61)101-60-49(89)51(33(77)24-95-60)102-58-44(84)39(79)31(75)22-93-58)63(96-26)107-65(92)71-18-16-66(4,5)20-30(71)29-10-11-36-67(6)14-13-37(68(7,25-73)35(67)12-15-70(36,9)69(29,8)17-19-71)100-64-56(106-62-46(86)42(82)41(81)34(21-72)99-62)53(48(88)54(104-64)57(90)91)103-59-45(85)40(80)32(76)23-94-59/h10,25-27,30-56,58-64,72,75-89H,11-24H2,1-9H3,(H,90,91)/t26-,27+,30-,31-,32-,33-,34-,35-,36-,37+,38+,39+,40+,41+,42+,43+,44-,45-,46-,47-,48+,49-,50+,51+,52+,53+,54+,55-,56-,58+,59+,60+,61+,62+,63+,64-,67+,68+,69-,70-,71+/m1/s1. The molecule has 0 aromatic heterocycles. The van der Waals surface area contributed by atoms with Gasteiger partial charge in [-0.15, -0.1) is 0 Å². The molecule has 4 saturated carbocycles. The topological polar surface area (TPSA) is 551 Å². The predicted octanol–water partition coefficient (Wildman–Crippen LogP) is -4.75. The van der Waals surface area contributed by atoms with E-state index < -0.39 is 286 Å². The van der Waals surface area contributed by atoms with E-state index in [1.165, 1.54) is 13.8 Å². The Morgan fingerprint density at radius 3 is 1.64 bits per heavy atom. The highest BCUT2D eigenvalue weighted by Crippen LogP contribution is 2.76. The van der Waals surface area contributed by atoms with Crippen molar-refractivity contribution >= 4 is 24.2 Å². The Morgan fingerprint density at radius 2 is 1.04 bits per heavy atom. The van der Waals surface area contributed by atoms with Crippen molar-refractivity contribution in [2.24, 2.45) is 50.2 Å². The fraction of sp³-hybridized carbons (Fsp3) is 0.915. The highest BCUT2D eigenvalue weighted by atomic mass is 16.8. The summed E-state index contributed by atoms with van der Waals surface area (Å²) in [5, 5.41) is 185. The first-order valence-corrected chi connectivity index (χ1v) is 37.2. The van der Waals surface area contributed by atoms with E-state index in [1.54, 1.807) is 6.92 Å². The number of carboxylic acids is 1. The number of carbonyl (C=O) groups is 4. The molecule has 12 rings (SSSR count). The van der Waals surface area contributed by atoms with Crippen LogP contribution in [0.5, 0.6) is 0 Å². The van der Waals surface area contributed by atoms with Crippen molar-refractivity contribution < 1.29 is 177 Å². The van der Waals surface area contributed by atoms with Gasteiger partial charge in [0.2, 0.25) is 6.29 Å². The fourth-order valence-corrected chi connectivity index (χ4v) is 20.2. The number of esters is 2.